The molecule has 1 rings (SSSR count). The lowest BCUT2D eigenvalue weighted by Crippen LogP contribution is -1.91. The van der Waals surface area contributed by atoms with E-state index in [1.807, 2.05) is 0 Å². The summed E-state index contributed by atoms with van der Waals surface area (Å²) in [4.78, 5) is 10.3. The van der Waals surface area contributed by atoms with E-state index in [1.165, 1.54) is 12.1 Å². The Morgan fingerprint density at radius 2 is 2.00 bits per heavy atom. The Morgan fingerprint density at radius 3 is 2.56 bits per heavy atom. The van der Waals surface area contributed by atoms with E-state index in [9.17, 15) is 10.1 Å². The quantitative estimate of drug-likeness (QED) is 0.508. The van der Waals surface area contributed by atoms with Crippen LogP contribution in [0.15, 0.2) is 18.2 Å². The molecule has 6 heteroatoms. The van der Waals surface area contributed by atoms with Crippen molar-refractivity contribution in [3.05, 3.63) is 43.9 Å². The van der Waals surface area contributed by atoms with Crippen LogP contribution < -0.4 is 0 Å². The Labute approximate surface area is 109 Å². The second-order valence-corrected chi connectivity index (χ2v) is 4.26. The minimum Gasteiger partial charge on any atom is -0.258 e. The molecule has 0 saturated carbocycles. The Hall–Kier alpha value is -0.710. The van der Waals surface area contributed by atoms with Gasteiger partial charge in [0.1, 0.15) is 0 Å². The molecule has 0 amide bonds. The molecule has 0 N–H and O–H groups in total. The van der Waals surface area contributed by atoms with E-state index < -0.39 is 4.92 Å². The number of hydrogen-bond acceptors (Lipinski definition) is 3. The summed E-state index contributed by atoms with van der Waals surface area (Å²) in [7, 11) is 0. The molecule has 0 aliphatic heterocycles. The van der Waals surface area contributed by atoms with Gasteiger partial charge in [0.2, 0.25) is 0 Å². The van der Waals surface area contributed by atoms with Crippen molar-refractivity contribution in [2.24, 2.45) is 0 Å². The summed E-state index contributed by atoms with van der Waals surface area (Å²) in [6.07, 6.45) is 4.19. The predicted octanol–water partition coefficient (Wildman–Crippen LogP) is 4.23. The van der Waals surface area contributed by atoms with E-state index in [4.69, 9.17) is 23.2 Å². The van der Waals surface area contributed by atoms with Gasteiger partial charge < -0.3 is 0 Å². The summed E-state index contributed by atoms with van der Waals surface area (Å²) in [5, 5.41) is 11.3. The van der Waals surface area contributed by atoms with Crippen LogP contribution in [-0.4, -0.2) is 10.7 Å². The molecule has 86 valence electrons. The first-order valence-electron chi connectivity index (χ1n) is 4.47. The first-order valence-corrected chi connectivity index (χ1v) is 5.86. The number of hydrogen-bond donors (Lipinski definition) is 1. The van der Waals surface area contributed by atoms with Crippen LogP contribution in [0.4, 0.5) is 5.69 Å². The summed E-state index contributed by atoms with van der Waals surface area (Å²) in [5.74, 6) is 0.686. The van der Waals surface area contributed by atoms with Gasteiger partial charge in [-0.05, 0) is 18.2 Å². The number of nitrogens with zero attached hydrogens (tertiary/aromatic N) is 1. The highest BCUT2D eigenvalue weighted by atomic mass is 35.5. The minimum absolute atomic E-state index is 0.0511. The number of nitro benzene ring substituents is 1. The minimum atomic E-state index is -0.484. The lowest BCUT2D eigenvalue weighted by Gasteiger charge is -2.00. The molecular formula is C10H9Cl2NO2S. The van der Waals surface area contributed by atoms with Crippen molar-refractivity contribution < 1.29 is 4.92 Å². The lowest BCUT2D eigenvalue weighted by molar-refractivity contribution is -0.385. The third-order valence-corrected chi connectivity index (χ3v) is 2.84. The summed E-state index contributed by atoms with van der Waals surface area (Å²) < 4.78 is 0. The zero-order valence-electron chi connectivity index (χ0n) is 8.19. The molecule has 0 radical (unpaired) electrons. The van der Waals surface area contributed by atoms with Crippen molar-refractivity contribution in [3.63, 3.8) is 0 Å². The fraction of sp³-hybridized carbons (Fsp3) is 0.200. The highest BCUT2D eigenvalue weighted by Crippen LogP contribution is 2.31. The van der Waals surface area contributed by atoms with Gasteiger partial charge in [-0.2, -0.15) is 12.6 Å². The van der Waals surface area contributed by atoms with E-state index >= 15 is 0 Å². The summed E-state index contributed by atoms with van der Waals surface area (Å²) in [5.41, 5.74) is 0.394. The summed E-state index contributed by atoms with van der Waals surface area (Å²) in [6, 6.07) is 2.74. The van der Waals surface area contributed by atoms with Gasteiger partial charge in [0.15, 0.2) is 0 Å². The molecule has 0 aliphatic rings. The van der Waals surface area contributed by atoms with E-state index in [2.05, 4.69) is 12.6 Å². The van der Waals surface area contributed by atoms with Gasteiger partial charge in [0.25, 0.3) is 5.69 Å². The Kier molecular flexibility index (Phi) is 5.12. The lowest BCUT2D eigenvalue weighted by atomic mass is 10.1. The summed E-state index contributed by atoms with van der Waals surface area (Å²) >= 11 is 15.6. The average molecular weight is 278 g/mol. The molecule has 16 heavy (non-hydrogen) atoms. The third-order valence-electron chi connectivity index (χ3n) is 1.86. The second kappa shape index (κ2) is 6.13. The van der Waals surface area contributed by atoms with Crippen LogP contribution in [0.2, 0.25) is 10.0 Å². The van der Waals surface area contributed by atoms with Gasteiger partial charge in [0.05, 0.1) is 20.5 Å². The van der Waals surface area contributed by atoms with Gasteiger partial charge >= 0.3 is 0 Å². The van der Waals surface area contributed by atoms with Gasteiger partial charge in [-0.15, -0.1) is 0 Å². The molecule has 1 aromatic rings. The molecule has 0 fully saturated rings. The van der Waals surface area contributed by atoms with Gasteiger partial charge in [-0.25, -0.2) is 0 Å². The maximum absolute atomic E-state index is 10.8. The Morgan fingerprint density at radius 1 is 1.38 bits per heavy atom. The zero-order valence-corrected chi connectivity index (χ0v) is 10.6. The highest BCUT2D eigenvalue weighted by Gasteiger charge is 2.14. The first-order chi connectivity index (χ1) is 7.56. The zero-order chi connectivity index (χ0) is 12.1. The second-order valence-electron chi connectivity index (χ2n) is 3.00. The van der Waals surface area contributed by atoms with Crippen LogP contribution in [0.25, 0.3) is 6.08 Å². The van der Waals surface area contributed by atoms with E-state index in [0.717, 1.165) is 6.42 Å². The molecule has 0 heterocycles. The normalized spacial score (nSPS) is 10.9. The number of halogens is 2. The van der Waals surface area contributed by atoms with Gasteiger partial charge in [0, 0.05) is 6.07 Å². The van der Waals surface area contributed by atoms with Crippen molar-refractivity contribution >= 4 is 47.6 Å². The van der Waals surface area contributed by atoms with Crippen LogP contribution >= 0.6 is 35.8 Å². The molecule has 0 aliphatic carbocycles. The smallest absolute Gasteiger partial charge is 0.258 e. The maximum Gasteiger partial charge on any atom is 0.278 e. The number of benzene rings is 1. The Balaban J connectivity index is 3.14. The predicted molar refractivity (Wildman–Crippen MR) is 70.6 cm³/mol. The number of thiol groups is 1. The largest absolute Gasteiger partial charge is 0.278 e. The molecule has 3 nitrogen and oxygen atoms in total. The van der Waals surface area contributed by atoms with Crippen molar-refractivity contribution in [1.29, 1.82) is 0 Å². The molecular weight excluding hydrogens is 269 g/mol. The monoisotopic (exact) mass is 277 g/mol. The first kappa shape index (κ1) is 13.4. The topological polar surface area (TPSA) is 43.1 Å². The molecule has 0 spiro atoms. The van der Waals surface area contributed by atoms with Crippen LogP contribution in [0, 0.1) is 10.1 Å². The molecule has 0 bridgehead atoms. The number of rotatable bonds is 4. The van der Waals surface area contributed by atoms with Crippen molar-refractivity contribution in [2.45, 2.75) is 6.42 Å². The molecule has 0 aromatic heterocycles. The Bertz CT molecular complexity index is 435. The standard InChI is InChI=1S/C10H9Cl2NO2S/c11-8-5-7(3-1-2-4-16)10(13(14)15)6-9(8)12/h1,3,5-6,16H,2,4H2. The molecule has 0 saturated heterocycles. The number of nitro groups is 1. The van der Waals surface area contributed by atoms with Crippen molar-refractivity contribution in [1.82, 2.24) is 0 Å². The van der Waals surface area contributed by atoms with Crippen LogP contribution in [-0.2, 0) is 0 Å². The van der Waals surface area contributed by atoms with Crippen molar-refractivity contribution in [2.75, 3.05) is 5.75 Å². The third kappa shape index (κ3) is 3.40. The molecule has 1 aromatic carbocycles. The highest BCUT2D eigenvalue weighted by molar-refractivity contribution is 7.80. The fourth-order valence-corrected chi connectivity index (χ4v) is 1.61. The van der Waals surface area contributed by atoms with Crippen LogP contribution in [0.3, 0.4) is 0 Å². The molecule has 0 unspecified atom stereocenters. The van der Waals surface area contributed by atoms with E-state index in [-0.39, 0.29) is 10.7 Å². The van der Waals surface area contributed by atoms with Crippen molar-refractivity contribution in [3.8, 4) is 0 Å². The van der Waals surface area contributed by atoms with Gasteiger partial charge in [-0.1, -0.05) is 35.4 Å². The maximum atomic E-state index is 10.8. The van der Waals surface area contributed by atoms with Gasteiger partial charge in [-0.3, -0.25) is 10.1 Å². The SMILES string of the molecule is O=[N+]([O-])c1cc(Cl)c(Cl)cc1C=CCCS. The molecule has 0 atom stereocenters. The van der Waals surface area contributed by atoms with Crippen LogP contribution in [0.5, 0.6) is 0 Å². The van der Waals surface area contributed by atoms with E-state index in [0.29, 0.717) is 16.3 Å². The van der Waals surface area contributed by atoms with E-state index in [1.54, 1.807) is 12.2 Å². The summed E-state index contributed by atoms with van der Waals surface area (Å²) in [6.45, 7) is 0. The van der Waals surface area contributed by atoms with Crippen LogP contribution in [0.1, 0.15) is 12.0 Å². The average Bonchev–Trinajstić information content (AvgIpc) is 2.23. The fourth-order valence-electron chi connectivity index (χ4n) is 1.13. The number of allylic oxidation sites excluding steroid dienone is 1.